The van der Waals surface area contributed by atoms with E-state index in [1.807, 2.05) is 36.1 Å². The lowest BCUT2D eigenvalue weighted by Crippen LogP contribution is -2.37. The Balaban J connectivity index is 1.93. The maximum atomic E-state index is 12.9. The number of halogens is 3. The van der Waals surface area contributed by atoms with Crippen LogP contribution in [-0.2, 0) is 12.7 Å². The molecule has 0 fully saturated rings. The summed E-state index contributed by atoms with van der Waals surface area (Å²) in [4.78, 5) is 2.02. The fraction of sp³-hybridized carbons (Fsp3) is 0.429. The molecule has 1 atom stereocenters. The van der Waals surface area contributed by atoms with Gasteiger partial charge in [0.1, 0.15) is 0 Å². The SMILES string of the molecule is Cc1ccc(N2Cc3nnc(C(F)(F)F)n3C(C)C2)cc1. The molecule has 0 saturated carbocycles. The lowest BCUT2D eigenvalue weighted by Gasteiger charge is -2.34. The molecule has 0 amide bonds. The Kier molecular flexibility index (Phi) is 3.15. The molecule has 2 heterocycles. The lowest BCUT2D eigenvalue weighted by molar-refractivity contribution is -0.148. The number of hydrogen-bond donors (Lipinski definition) is 0. The van der Waals surface area contributed by atoms with Gasteiger partial charge in [-0.2, -0.15) is 13.2 Å². The minimum absolute atomic E-state index is 0.330. The number of anilines is 1. The molecular formula is C14H15F3N4. The van der Waals surface area contributed by atoms with Gasteiger partial charge in [0.15, 0.2) is 5.82 Å². The van der Waals surface area contributed by atoms with Gasteiger partial charge in [-0.3, -0.25) is 0 Å². The molecule has 1 aliphatic rings. The van der Waals surface area contributed by atoms with Crippen molar-refractivity contribution in [3.05, 3.63) is 41.5 Å². The monoisotopic (exact) mass is 296 g/mol. The zero-order valence-electron chi connectivity index (χ0n) is 11.7. The summed E-state index contributed by atoms with van der Waals surface area (Å²) in [6, 6.07) is 7.58. The molecule has 0 bridgehead atoms. The zero-order valence-corrected chi connectivity index (χ0v) is 11.7. The zero-order chi connectivity index (χ0) is 15.2. The highest BCUT2D eigenvalue weighted by Crippen LogP contribution is 2.33. The van der Waals surface area contributed by atoms with Crippen molar-refractivity contribution < 1.29 is 13.2 Å². The Morgan fingerprint density at radius 3 is 2.43 bits per heavy atom. The first-order valence-electron chi connectivity index (χ1n) is 6.69. The maximum absolute atomic E-state index is 12.9. The number of benzene rings is 1. The second-order valence-electron chi connectivity index (χ2n) is 5.37. The van der Waals surface area contributed by atoms with Crippen molar-refractivity contribution in [2.24, 2.45) is 0 Å². The predicted molar refractivity (Wildman–Crippen MR) is 72.0 cm³/mol. The fourth-order valence-electron chi connectivity index (χ4n) is 2.68. The predicted octanol–water partition coefficient (Wildman–Crippen LogP) is 3.19. The Bertz CT molecular complexity index is 645. The first-order valence-corrected chi connectivity index (χ1v) is 6.69. The first-order chi connectivity index (χ1) is 9.86. The molecule has 0 radical (unpaired) electrons. The smallest absolute Gasteiger partial charge is 0.362 e. The van der Waals surface area contributed by atoms with Crippen molar-refractivity contribution >= 4 is 5.69 Å². The summed E-state index contributed by atoms with van der Waals surface area (Å²) < 4.78 is 39.9. The van der Waals surface area contributed by atoms with E-state index >= 15 is 0 Å². The van der Waals surface area contributed by atoms with Gasteiger partial charge >= 0.3 is 6.18 Å². The summed E-state index contributed by atoms with van der Waals surface area (Å²) in [5, 5.41) is 7.04. The highest BCUT2D eigenvalue weighted by atomic mass is 19.4. The summed E-state index contributed by atoms with van der Waals surface area (Å²) in [5.74, 6) is -0.560. The van der Waals surface area contributed by atoms with Crippen LogP contribution in [0.2, 0.25) is 0 Å². The van der Waals surface area contributed by atoms with E-state index in [1.165, 1.54) is 4.57 Å². The molecule has 1 aromatic heterocycles. The number of hydrogen-bond acceptors (Lipinski definition) is 3. The molecular weight excluding hydrogens is 281 g/mol. The molecule has 0 saturated heterocycles. The van der Waals surface area contributed by atoms with Gasteiger partial charge in [-0.25, -0.2) is 0 Å². The van der Waals surface area contributed by atoms with Crippen LogP contribution in [0.3, 0.4) is 0 Å². The van der Waals surface area contributed by atoms with E-state index < -0.39 is 12.0 Å². The van der Waals surface area contributed by atoms with Crippen LogP contribution < -0.4 is 4.90 Å². The molecule has 112 valence electrons. The van der Waals surface area contributed by atoms with Crippen LogP contribution in [0.15, 0.2) is 24.3 Å². The van der Waals surface area contributed by atoms with Crippen LogP contribution in [0.4, 0.5) is 18.9 Å². The first kappa shape index (κ1) is 13.9. The maximum Gasteiger partial charge on any atom is 0.451 e. The molecule has 1 unspecified atom stereocenters. The molecule has 0 aliphatic carbocycles. The molecule has 2 aromatic rings. The van der Waals surface area contributed by atoms with Gasteiger partial charge in [-0.15, -0.1) is 10.2 Å². The Morgan fingerprint density at radius 1 is 1.14 bits per heavy atom. The third-order valence-electron chi connectivity index (χ3n) is 3.68. The Morgan fingerprint density at radius 2 is 1.81 bits per heavy atom. The van der Waals surface area contributed by atoms with Gasteiger partial charge in [0, 0.05) is 12.2 Å². The van der Waals surface area contributed by atoms with Crippen molar-refractivity contribution in [3.63, 3.8) is 0 Å². The van der Waals surface area contributed by atoms with Crippen LogP contribution in [0.1, 0.15) is 30.2 Å². The van der Waals surface area contributed by atoms with Crippen molar-refractivity contribution in [1.29, 1.82) is 0 Å². The number of fused-ring (bicyclic) bond motifs is 1. The molecule has 0 spiro atoms. The highest BCUT2D eigenvalue weighted by molar-refractivity contribution is 5.48. The minimum Gasteiger partial charge on any atom is -0.362 e. The average Bonchev–Trinajstić information content (AvgIpc) is 2.83. The number of alkyl halides is 3. The molecule has 0 N–H and O–H groups in total. The summed E-state index contributed by atoms with van der Waals surface area (Å²) in [6.45, 7) is 4.57. The largest absolute Gasteiger partial charge is 0.451 e. The van der Waals surface area contributed by atoms with E-state index in [1.54, 1.807) is 6.92 Å². The standard InChI is InChI=1S/C14H15F3N4/c1-9-3-5-11(6-4-9)20-7-10(2)21-12(8-20)18-19-13(21)14(15,16)17/h3-6,10H,7-8H2,1-2H3. The number of aromatic nitrogens is 3. The number of aryl methyl sites for hydroxylation is 1. The summed E-state index contributed by atoms with van der Waals surface area (Å²) in [5.41, 5.74) is 2.13. The summed E-state index contributed by atoms with van der Waals surface area (Å²) >= 11 is 0. The summed E-state index contributed by atoms with van der Waals surface area (Å²) in [6.07, 6.45) is -4.47. The van der Waals surface area contributed by atoms with Gasteiger partial charge in [0.2, 0.25) is 5.82 Å². The van der Waals surface area contributed by atoms with E-state index in [9.17, 15) is 13.2 Å². The van der Waals surface area contributed by atoms with E-state index in [0.717, 1.165) is 11.3 Å². The second kappa shape index (κ2) is 4.75. The normalized spacial score (nSPS) is 18.7. The lowest BCUT2D eigenvalue weighted by atomic mass is 10.1. The molecule has 21 heavy (non-hydrogen) atoms. The average molecular weight is 296 g/mol. The Hall–Kier alpha value is -2.05. The van der Waals surface area contributed by atoms with Crippen molar-refractivity contribution in [3.8, 4) is 0 Å². The van der Waals surface area contributed by atoms with E-state index in [4.69, 9.17) is 0 Å². The van der Waals surface area contributed by atoms with Crippen LogP contribution in [-0.4, -0.2) is 21.3 Å². The van der Waals surface area contributed by atoms with Gasteiger partial charge in [0.25, 0.3) is 0 Å². The van der Waals surface area contributed by atoms with Crippen LogP contribution in [0, 0.1) is 6.92 Å². The molecule has 1 aliphatic heterocycles. The topological polar surface area (TPSA) is 34.0 Å². The van der Waals surface area contributed by atoms with Gasteiger partial charge in [-0.05, 0) is 26.0 Å². The number of nitrogens with zero attached hydrogens (tertiary/aromatic N) is 4. The van der Waals surface area contributed by atoms with Crippen LogP contribution in [0.25, 0.3) is 0 Å². The van der Waals surface area contributed by atoms with Crippen LogP contribution >= 0.6 is 0 Å². The van der Waals surface area contributed by atoms with Gasteiger partial charge in [0.05, 0.1) is 12.6 Å². The van der Waals surface area contributed by atoms with Gasteiger partial charge in [-0.1, -0.05) is 17.7 Å². The molecule has 4 nitrogen and oxygen atoms in total. The van der Waals surface area contributed by atoms with E-state index in [0.29, 0.717) is 18.9 Å². The number of rotatable bonds is 1. The molecule has 1 aromatic carbocycles. The van der Waals surface area contributed by atoms with E-state index in [2.05, 4.69) is 10.2 Å². The quantitative estimate of drug-likeness (QED) is 0.810. The molecule has 7 heteroatoms. The summed E-state index contributed by atoms with van der Waals surface area (Å²) in [7, 11) is 0. The van der Waals surface area contributed by atoms with Gasteiger partial charge < -0.3 is 9.47 Å². The van der Waals surface area contributed by atoms with Crippen LogP contribution in [0.5, 0.6) is 0 Å². The fourth-order valence-corrected chi connectivity index (χ4v) is 2.68. The van der Waals surface area contributed by atoms with Crippen molar-refractivity contribution in [2.45, 2.75) is 32.6 Å². The second-order valence-corrected chi connectivity index (χ2v) is 5.37. The van der Waals surface area contributed by atoms with Crippen molar-refractivity contribution in [2.75, 3.05) is 11.4 Å². The molecule has 3 rings (SSSR count). The Labute approximate surface area is 120 Å². The third kappa shape index (κ3) is 2.48. The minimum atomic E-state index is -4.47. The third-order valence-corrected chi connectivity index (χ3v) is 3.68. The van der Waals surface area contributed by atoms with Crippen molar-refractivity contribution in [1.82, 2.24) is 14.8 Å². The van der Waals surface area contributed by atoms with E-state index in [-0.39, 0.29) is 6.04 Å². The highest BCUT2D eigenvalue weighted by Gasteiger charge is 2.41.